The summed E-state index contributed by atoms with van der Waals surface area (Å²) in [5.74, 6) is 0.419. The first kappa shape index (κ1) is 16.9. The number of thiophene rings is 1. The zero-order valence-electron chi connectivity index (χ0n) is 12.9. The van der Waals surface area contributed by atoms with Crippen LogP contribution in [0.4, 0.5) is 0 Å². The van der Waals surface area contributed by atoms with Gasteiger partial charge in [0, 0.05) is 22.8 Å². The van der Waals surface area contributed by atoms with Gasteiger partial charge in [-0.3, -0.25) is 0 Å². The first-order valence-electron chi connectivity index (χ1n) is 7.83. The molecule has 1 aliphatic rings. The summed E-state index contributed by atoms with van der Waals surface area (Å²) in [4.78, 5) is 1.47. The van der Waals surface area contributed by atoms with E-state index in [0.717, 1.165) is 37.2 Å². The standard InChI is InChI=1S/C15H26N2O2S2/c1-3-16-10-13-9-14(11-20-13)21(18,19)17-15-8-6-4-5-7-12(15)2/h9,11-12,15-17H,3-8,10H2,1-2H3. The van der Waals surface area contributed by atoms with Crippen molar-refractivity contribution < 1.29 is 8.42 Å². The van der Waals surface area contributed by atoms with Crippen molar-refractivity contribution in [2.75, 3.05) is 6.54 Å². The van der Waals surface area contributed by atoms with E-state index in [1.165, 1.54) is 24.2 Å². The topological polar surface area (TPSA) is 58.2 Å². The lowest BCUT2D eigenvalue weighted by molar-refractivity contribution is 0.399. The average molecular weight is 331 g/mol. The highest BCUT2D eigenvalue weighted by molar-refractivity contribution is 7.89. The molecule has 120 valence electrons. The molecule has 2 N–H and O–H groups in total. The third-order valence-corrected chi connectivity index (χ3v) is 6.71. The monoisotopic (exact) mass is 330 g/mol. The van der Waals surface area contributed by atoms with Gasteiger partial charge in [-0.05, 0) is 31.4 Å². The van der Waals surface area contributed by atoms with Crippen LogP contribution < -0.4 is 10.0 Å². The summed E-state index contributed by atoms with van der Waals surface area (Å²) in [6.07, 6.45) is 5.61. The molecule has 6 heteroatoms. The summed E-state index contributed by atoms with van der Waals surface area (Å²) in [5.41, 5.74) is 0. The zero-order valence-corrected chi connectivity index (χ0v) is 14.5. The van der Waals surface area contributed by atoms with Gasteiger partial charge in [-0.2, -0.15) is 0 Å². The second-order valence-corrected chi connectivity index (χ2v) is 8.58. The predicted molar refractivity (Wildman–Crippen MR) is 88.1 cm³/mol. The molecule has 1 fully saturated rings. The fourth-order valence-electron chi connectivity index (χ4n) is 2.78. The van der Waals surface area contributed by atoms with Crippen LogP contribution in [0.1, 0.15) is 50.8 Å². The highest BCUT2D eigenvalue weighted by atomic mass is 32.2. The SMILES string of the molecule is CCNCc1cc(S(=O)(=O)NC2CCCCCC2C)cs1. The second-order valence-electron chi connectivity index (χ2n) is 5.87. The Morgan fingerprint density at radius 1 is 1.29 bits per heavy atom. The number of hydrogen-bond donors (Lipinski definition) is 2. The Kier molecular flexibility index (Phi) is 6.22. The minimum Gasteiger partial charge on any atom is -0.312 e. The zero-order chi connectivity index (χ0) is 15.3. The molecule has 0 spiro atoms. The Hall–Kier alpha value is -0.430. The minimum absolute atomic E-state index is 0.0783. The van der Waals surface area contributed by atoms with Gasteiger partial charge in [0.2, 0.25) is 10.0 Å². The quantitative estimate of drug-likeness (QED) is 0.788. The Morgan fingerprint density at radius 3 is 2.81 bits per heavy atom. The molecule has 1 aromatic heterocycles. The lowest BCUT2D eigenvalue weighted by Gasteiger charge is -2.22. The molecule has 1 aliphatic carbocycles. The third kappa shape index (κ3) is 4.77. The van der Waals surface area contributed by atoms with Gasteiger partial charge in [-0.15, -0.1) is 11.3 Å². The van der Waals surface area contributed by atoms with Crippen molar-refractivity contribution in [3.8, 4) is 0 Å². The summed E-state index contributed by atoms with van der Waals surface area (Å²) >= 11 is 1.50. The summed E-state index contributed by atoms with van der Waals surface area (Å²) in [7, 11) is -3.38. The molecule has 0 aliphatic heterocycles. The molecule has 2 unspecified atom stereocenters. The second kappa shape index (κ2) is 7.72. The summed E-state index contributed by atoms with van der Waals surface area (Å²) in [6, 6.07) is 1.87. The van der Waals surface area contributed by atoms with E-state index < -0.39 is 10.0 Å². The van der Waals surface area contributed by atoms with Gasteiger partial charge in [0.25, 0.3) is 0 Å². The van der Waals surface area contributed by atoms with Gasteiger partial charge in [-0.1, -0.05) is 33.1 Å². The predicted octanol–water partition coefficient (Wildman–Crippen LogP) is 3.10. The van der Waals surface area contributed by atoms with E-state index in [0.29, 0.717) is 10.8 Å². The lowest BCUT2D eigenvalue weighted by atomic mass is 9.98. The van der Waals surface area contributed by atoms with Crippen molar-refractivity contribution in [3.63, 3.8) is 0 Å². The average Bonchev–Trinajstić information content (AvgIpc) is 2.84. The number of rotatable bonds is 6. The molecule has 2 rings (SSSR count). The van der Waals surface area contributed by atoms with Gasteiger partial charge >= 0.3 is 0 Å². The van der Waals surface area contributed by atoms with Crippen molar-refractivity contribution in [1.29, 1.82) is 0 Å². The highest BCUT2D eigenvalue weighted by Crippen LogP contribution is 2.25. The maximum absolute atomic E-state index is 12.5. The molecule has 4 nitrogen and oxygen atoms in total. The van der Waals surface area contributed by atoms with Crippen LogP contribution in [-0.4, -0.2) is 21.0 Å². The van der Waals surface area contributed by atoms with Gasteiger partial charge in [0.1, 0.15) is 0 Å². The van der Waals surface area contributed by atoms with Crippen molar-refractivity contribution in [3.05, 3.63) is 16.3 Å². The van der Waals surface area contributed by atoms with Crippen LogP contribution in [0.3, 0.4) is 0 Å². The van der Waals surface area contributed by atoms with Crippen molar-refractivity contribution in [1.82, 2.24) is 10.0 Å². The normalized spacial score (nSPS) is 23.9. The number of hydrogen-bond acceptors (Lipinski definition) is 4. The van der Waals surface area contributed by atoms with Gasteiger partial charge in [0.15, 0.2) is 0 Å². The van der Waals surface area contributed by atoms with E-state index in [9.17, 15) is 8.42 Å². The molecule has 1 heterocycles. The smallest absolute Gasteiger partial charge is 0.241 e. The van der Waals surface area contributed by atoms with Gasteiger partial charge in [0.05, 0.1) is 4.90 Å². The van der Waals surface area contributed by atoms with Crippen molar-refractivity contribution >= 4 is 21.4 Å². The Balaban J connectivity index is 2.04. The van der Waals surface area contributed by atoms with E-state index in [1.54, 1.807) is 11.4 Å². The Morgan fingerprint density at radius 2 is 2.05 bits per heavy atom. The summed E-state index contributed by atoms with van der Waals surface area (Å²) < 4.78 is 28.0. The summed E-state index contributed by atoms with van der Waals surface area (Å²) in [6.45, 7) is 5.82. The van der Waals surface area contributed by atoms with Crippen LogP contribution in [-0.2, 0) is 16.6 Å². The van der Waals surface area contributed by atoms with Crippen LogP contribution in [0.25, 0.3) is 0 Å². The van der Waals surface area contributed by atoms with Gasteiger partial charge in [-0.25, -0.2) is 13.1 Å². The highest BCUT2D eigenvalue weighted by Gasteiger charge is 2.26. The van der Waals surface area contributed by atoms with E-state index >= 15 is 0 Å². The molecule has 1 saturated carbocycles. The number of sulfonamides is 1. The van der Waals surface area contributed by atoms with Crippen LogP contribution in [0, 0.1) is 5.92 Å². The first-order valence-corrected chi connectivity index (χ1v) is 10.2. The maximum atomic E-state index is 12.5. The molecule has 0 amide bonds. The fourth-order valence-corrected chi connectivity index (χ4v) is 5.40. The van der Waals surface area contributed by atoms with E-state index in [-0.39, 0.29) is 6.04 Å². The van der Waals surface area contributed by atoms with E-state index in [2.05, 4.69) is 17.0 Å². The Bertz CT molecular complexity index is 540. The van der Waals surface area contributed by atoms with Crippen LogP contribution in [0.5, 0.6) is 0 Å². The first-order chi connectivity index (χ1) is 10.0. The molecule has 0 bridgehead atoms. The van der Waals surface area contributed by atoms with Gasteiger partial charge < -0.3 is 5.32 Å². The van der Waals surface area contributed by atoms with E-state index in [4.69, 9.17) is 0 Å². The minimum atomic E-state index is -3.38. The molecule has 1 aromatic rings. The summed E-state index contributed by atoms with van der Waals surface area (Å²) in [5, 5.41) is 4.97. The molecule has 21 heavy (non-hydrogen) atoms. The Labute approximate surface area is 132 Å². The van der Waals surface area contributed by atoms with Crippen LogP contribution >= 0.6 is 11.3 Å². The molecular formula is C15H26N2O2S2. The van der Waals surface area contributed by atoms with Crippen molar-refractivity contribution in [2.45, 2.75) is 63.4 Å². The lowest BCUT2D eigenvalue weighted by Crippen LogP contribution is -2.38. The largest absolute Gasteiger partial charge is 0.312 e. The van der Waals surface area contributed by atoms with Crippen LogP contribution in [0.15, 0.2) is 16.3 Å². The van der Waals surface area contributed by atoms with E-state index in [1.807, 2.05) is 6.92 Å². The molecule has 2 atom stereocenters. The number of nitrogens with one attached hydrogen (secondary N) is 2. The fraction of sp³-hybridized carbons (Fsp3) is 0.733. The maximum Gasteiger partial charge on any atom is 0.241 e. The molecular weight excluding hydrogens is 304 g/mol. The van der Waals surface area contributed by atoms with Crippen molar-refractivity contribution in [2.24, 2.45) is 5.92 Å². The molecule has 0 aromatic carbocycles. The van der Waals surface area contributed by atoms with Crippen LogP contribution in [0.2, 0.25) is 0 Å². The molecule has 0 saturated heterocycles. The third-order valence-electron chi connectivity index (χ3n) is 4.16. The molecule has 0 radical (unpaired) electrons.